The SMILES string of the molecule is CCC(=O)N1CCCN(S(=O)(=O)c2ccc(S(C)(=O)=O)cc2)CC1. The van der Waals surface area contributed by atoms with E-state index < -0.39 is 19.9 Å². The van der Waals surface area contributed by atoms with E-state index >= 15 is 0 Å². The molecule has 0 bridgehead atoms. The topological polar surface area (TPSA) is 91.8 Å². The number of sulfone groups is 1. The number of hydrogen-bond acceptors (Lipinski definition) is 5. The van der Waals surface area contributed by atoms with Crippen molar-refractivity contribution in [2.45, 2.75) is 29.6 Å². The molecular formula is C15H22N2O5S2. The molecule has 1 fully saturated rings. The number of rotatable bonds is 4. The summed E-state index contributed by atoms with van der Waals surface area (Å²) < 4.78 is 49.7. The number of amides is 1. The Hall–Kier alpha value is -1.45. The van der Waals surface area contributed by atoms with Gasteiger partial charge in [0.25, 0.3) is 0 Å². The first kappa shape index (κ1) is 18.9. The summed E-state index contributed by atoms with van der Waals surface area (Å²) in [7, 11) is -7.07. The molecule has 1 amide bonds. The molecule has 1 saturated heterocycles. The monoisotopic (exact) mass is 374 g/mol. The summed E-state index contributed by atoms with van der Waals surface area (Å²) in [5, 5.41) is 0. The number of carbonyl (C=O) groups excluding carboxylic acids is 1. The molecule has 7 nitrogen and oxygen atoms in total. The van der Waals surface area contributed by atoms with E-state index in [4.69, 9.17) is 0 Å². The van der Waals surface area contributed by atoms with Crippen molar-refractivity contribution in [1.29, 1.82) is 0 Å². The molecule has 0 aromatic heterocycles. The van der Waals surface area contributed by atoms with E-state index in [9.17, 15) is 21.6 Å². The average molecular weight is 374 g/mol. The maximum absolute atomic E-state index is 12.7. The van der Waals surface area contributed by atoms with Crippen LogP contribution in [0.1, 0.15) is 19.8 Å². The van der Waals surface area contributed by atoms with Crippen molar-refractivity contribution >= 4 is 25.8 Å². The zero-order valence-corrected chi connectivity index (χ0v) is 15.4. The van der Waals surface area contributed by atoms with Gasteiger partial charge in [0.1, 0.15) is 0 Å². The van der Waals surface area contributed by atoms with Gasteiger partial charge in [-0.15, -0.1) is 0 Å². The van der Waals surface area contributed by atoms with E-state index in [1.165, 1.54) is 28.6 Å². The Morgan fingerprint density at radius 3 is 2.08 bits per heavy atom. The number of sulfonamides is 1. The van der Waals surface area contributed by atoms with Crippen LogP contribution in [0.25, 0.3) is 0 Å². The highest BCUT2D eigenvalue weighted by atomic mass is 32.2. The van der Waals surface area contributed by atoms with Crippen LogP contribution in [0.5, 0.6) is 0 Å². The second kappa shape index (κ2) is 7.20. The third-order valence-corrected chi connectivity index (χ3v) is 7.04. The Labute approximate surface area is 143 Å². The van der Waals surface area contributed by atoms with Crippen molar-refractivity contribution in [3.8, 4) is 0 Å². The third kappa shape index (κ3) is 4.14. The molecule has 1 heterocycles. The predicted molar refractivity (Wildman–Crippen MR) is 89.8 cm³/mol. The molecular weight excluding hydrogens is 352 g/mol. The molecule has 0 spiro atoms. The zero-order valence-electron chi connectivity index (χ0n) is 13.8. The van der Waals surface area contributed by atoms with Crippen LogP contribution >= 0.6 is 0 Å². The van der Waals surface area contributed by atoms with Gasteiger partial charge in [-0.05, 0) is 30.7 Å². The first-order valence-electron chi connectivity index (χ1n) is 7.74. The van der Waals surface area contributed by atoms with Crippen molar-refractivity contribution in [1.82, 2.24) is 9.21 Å². The van der Waals surface area contributed by atoms with Crippen LogP contribution in [0.15, 0.2) is 34.1 Å². The van der Waals surface area contributed by atoms with E-state index in [1.807, 2.05) is 0 Å². The highest BCUT2D eigenvalue weighted by Gasteiger charge is 2.28. The predicted octanol–water partition coefficient (Wildman–Crippen LogP) is 0.723. The van der Waals surface area contributed by atoms with Crippen LogP contribution in [0.2, 0.25) is 0 Å². The summed E-state index contributed by atoms with van der Waals surface area (Å²) in [6.45, 7) is 3.27. The fourth-order valence-electron chi connectivity index (χ4n) is 2.62. The Balaban J connectivity index is 2.19. The largest absolute Gasteiger partial charge is 0.341 e. The van der Waals surface area contributed by atoms with E-state index in [2.05, 4.69) is 0 Å². The zero-order chi connectivity index (χ0) is 18.0. The van der Waals surface area contributed by atoms with Crippen molar-refractivity contribution in [2.24, 2.45) is 0 Å². The van der Waals surface area contributed by atoms with Gasteiger partial charge in [-0.1, -0.05) is 6.92 Å². The number of hydrogen-bond donors (Lipinski definition) is 0. The molecule has 0 aliphatic carbocycles. The highest BCUT2D eigenvalue weighted by Crippen LogP contribution is 2.20. The molecule has 0 radical (unpaired) electrons. The van der Waals surface area contributed by atoms with Crippen LogP contribution < -0.4 is 0 Å². The Bertz CT molecular complexity index is 801. The molecule has 1 aromatic rings. The molecule has 2 rings (SSSR count). The lowest BCUT2D eigenvalue weighted by Gasteiger charge is -2.21. The van der Waals surface area contributed by atoms with Gasteiger partial charge < -0.3 is 4.90 Å². The van der Waals surface area contributed by atoms with Gasteiger partial charge >= 0.3 is 0 Å². The van der Waals surface area contributed by atoms with Crippen molar-refractivity contribution in [3.05, 3.63) is 24.3 Å². The fraction of sp³-hybridized carbons (Fsp3) is 0.533. The molecule has 1 aliphatic heterocycles. The van der Waals surface area contributed by atoms with E-state index in [1.54, 1.807) is 11.8 Å². The molecule has 24 heavy (non-hydrogen) atoms. The lowest BCUT2D eigenvalue weighted by Crippen LogP contribution is -2.37. The standard InChI is InChI=1S/C15H22N2O5S2/c1-3-15(18)16-9-4-10-17(12-11-16)24(21,22)14-7-5-13(6-8-14)23(2,19)20/h5-8H,3-4,9-12H2,1-2H3. The van der Waals surface area contributed by atoms with Crippen LogP contribution in [0, 0.1) is 0 Å². The molecule has 0 N–H and O–H groups in total. The van der Waals surface area contributed by atoms with Gasteiger partial charge in [-0.3, -0.25) is 4.79 Å². The Morgan fingerprint density at radius 1 is 0.958 bits per heavy atom. The summed E-state index contributed by atoms with van der Waals surface area (Å²) in [6.07, 6.45) is 2.05. The summed E-state index contributed by atoms with van der Waals surface area (Å²) in [5.74, 6) is 0.0201. The lowest BCUT2D eigenvalue weighted by molar-refractivity contribution is -0.130. The Morgan fingerprint density at radius 2 is 1.54 bits per heavy atom. The number of nitrogens with zero attached hydrogens (tertiary/aromatic N) is 2. The fourth-order valence-corrected chi connectivity index (χ4v) is 4.72. The van der Waals surface area contributed by atoms with Crippen LogP contribution in [0.3, 0.4) is 0 Å². The van der Waals surface area contributed by atoms with E-state index in [0.29, 0.717) is 32.5 Å². The number of benzene rings is 1. The second-order valence-electron chi connectivity index (χ2n) is 5.74. The smallest absolute Gasteiger partial charge is 0.243 e. The first-order valence-corrected chi connectivity index (χ1v) is 11.1. The van der Waals surface area contributed by atoms with Gasteiger partial charge in [-0.2, -0.15) is 4.31 Å². The molecule has 1 aliphatic rings. The van der Waals surface area contributed by atoms with Gasteiger partial charge in [0, 0.05) is 38.9 Å². The molecule has 1 aromatic carbocycles. The van der Waals surface area contributed by atoms with E-state index in [-0.39, 0.29) is 22.2 Å². The van der Waals surface area contributed by atoms with Gasteiger partial charge in [-0.25, -0.2) is 16.8 Å². The van der Waals surface area contributed by atoms with E-state index in [0.717, 1.165) is 6.26 Å². The first-order chi connectivity index (χ1) is 11.2. The van der Waals surface area contributed by atoms with Crippen LogP contribution in [-0.4, -0.2) is 64.4 Å². The molecule has 0 atom stereocenters. The van der Waals surface area contributed by atoms with Crippen molar-refractivity contribution < 1.29 is 21.6 Å². The quantitative estimate of drug-likeness (QED) is 0.774. The highest BCUT2D eigenvalue weighted by molar-refractivity contribution is 7.90. The summed E-state index contributed by atoms with van der Waals surface area (Å²) in [6, 6.07) is 5.22. The summed E-state index contributed by atoms with van der Waals surface area (Å²) in [4.78, 5) is 13.6. The maximum atomic E-state index is 12.7. The van der Waals surface area contributed by atoms with Crippen LogP contribution in [-0.2, 0) is 24.7 Å². The van der Waals surface area contributed by atoms with Crippen molar-refractivity contribution in [3.63, 3.8) is 0 Å². The minimum absolute atomic E-state index is 0.0201. The average Bonchev–Trinajstić information content (AvgIpc) is 2.80. The molecule has 9 heteroatoms. The second-order valence-corrected chi connectivity index (χ2v) is 9.69. The normalized spacial score (nSPS) is 17.5. The minimum atomic E-state index is -3.70. The van der Waals surface area contributed by atoms with Gasteiger partial charge in [0.2, 0.25) is 15.9 Å². The summed E-state index contributed by atoms with van der Waals surface area (Å²) >= 11 is 0. The molecule has 0 saturated carbocycles. The van der Waals surface area contributed by atoms with Crippen LogP contribution in [0.4, 0.5) is 0 Å². The minimum Gasteiger partial charge on any atom is -0.341 e. The Kier molecular flexibility index (Phi) is 5.67. The van der Waals surface area contributed by atoms with Gasteiger partial charge in [0.05, 0.1) is 9.79 Å². The molecule has 134 valence electrons. The molecule has 0 unspecified atom stereocenters. The van der Waals surface area contributed by atoms with Gasteiger partial charge in [0.15, 0.2) is 9.84 Å². The van der Waals surface area contributed by atoms with Crippen molar-refractivity contribution in [2.75, 3.05) is 32.4 Å². The maximum Gasteiger partial charge on any atom is 0.243 e. The number of carbonyl (C=O) groups is 1. The summed E-state index contributed by atoms with van der Waals surface area (Å²) in [5.41, 5.74) is 0. The third-order valence-electron chi connectivity index (χ3n) is 4.00. The lowest BCUT2D eigenvalue weighted by atomic mass is 10.3.